The summed E-state index contributed by atoms with van der Waals surface area (Å²) < 4.78 is 25.7. The first-order chi connectivity index (χ1) is 25.0. The Morgan fingerprint density at radius 3 is 2.40 bits per heavy atom. The summed E-state index contributed by atoms with van der Waals surface area (Å²) in [4.78, 5) is 44.5. The van der Waals surface area contributed by atoms with Crippen LogP contribution >= 0.6 is 11.3 Å². The molecule has 0 aliphatic carbocycles. The molecule has 0 N–H and O–H groups in total. The predicted octanol–water partition coefficient (Wildman–Crippen LogP) is 5.93. The summed E-state index contributed by atoms with van der Waals surface area (Å²) in [6.07, 6.45) is 4.66. The van der Waals surface area contributed by atoms with Gasteiger partial charge in [-0.25, -0.2) is 14.5 Å². The molecule has 6 rings (SSSR count). The summed E-state index contributed by atoms with van der Waals surface area (Å²) in [5.74, 6) is 0.689. The number of methoxy groups -OCH3 is 2. The van der Waals surface area contributed by atoms with Crippen LogP contribution in [0.2, 0.25) is 0 Å². The number of rotatable bonds is 11. The lowest BCUT2D eigenvalue weighted by Gasteiger charge is -2.25. The van der Waals surface area contributed by atoms with Gasteiger partial charge < -0.3 is 18.9 Å². The minimum absolute atomic E-state index is 0.201. The smallest absolute Gasteiger partial charge is 0.338 e. The first kappa shape index (κ1) is 36.1. The maximum Gasteiger partial charge on any atom is 0.338 e. The molecule has 1 unspecified atom stereocenters. The molecule has 0 spiro atoms. The normalized spacial score (nSPS) is 14.2. The van der Waals surface area contributed by atoms with Gasteiger partial charge in [0.05, 0.1) is 48.4 Å². The lowest BCUT2D eigenvalue weighted by molar-refractivity contribution is -0.136. The molecule has 1 atom stereocenters. The third-order valence-electron chi connectivity index (χ3n) is 8.64. The molecular weight excluding hydrogens is 681 g/mol. The zero-order valence-electron chi connectivity index (χ0n) is 30.1. The van der Waals surface area contributed by atoms with Gasteiger partial charge in [0.15, 0.2) is 16.3 Å². The van der Waals surface area contributed by atoms with Crippen LogP contribution in [0.15, 0.2) is 94.0 Å². The predicted molar refractivity (Wildman–Crippen MR) is 199 cm³/mol. The van der Waals surface area contributed by atoms with Crippen molar-refractivity contribution in [2.45, 2.75) is 47.1 Å². The molecule has 1 aliphatic rings. The summed E-state index contributed by atoms with van der Waals surface area (Å²) in [6, 6.07) is 19.7. The van der Waals surface area contributed by atoms with Gasteiger partial charge in [-0.1, -0.05) is 49.4 Å². The van der Waals surface area contributed by atoms with Gasteiger partial charge in [0.25, 0.3) is 5.56 Å². The number of para-hydroxylation sites is 1. The van der Waals surface area contributed by atoms with Gasteiger partial charge in [-0.3, -0.25) is 14.2 Å². The number of benzene rings is 3. The molecular formula is C40H40N4O7S. The molecule has 0 saturated carbocycles. The van der Waals surface area contributed by atoms with Crippen LogP contribution in [-0.2, 0) is 14.3 Å². The molecule has 12 heteroatoms. The lowest BCUT2D eigenvalue weighted by Crippen LogP contribution is -2.39. The fourth-order valence-electron chi connectivity index (χ4n) is 6.04. The van der Waals surface area contributed by atoms with E-state index in [1.165, 1.54) is 37.0 Å². The van der Waals surface area contributed by atoms with Crippen molar-refractivity contribution < 1.29 is 28.5 Å². The van der Waals surface area contributed by atoms with Crippen molar-refractivity contribution in [2.24, 2.45) is 10.9 Å². The number of allylic oxidation sites excluding steroid dienone is 1. The maximum atomic E-state index is 14.5. The number of esters is 2. The van der Waals surface area contributed by atoms with Crippen LogP contribution < -0.4 is 29.1 Å². The average Bonchev–Trinajstić information content (AvgIpc) is 3.68. The summed E-state index contributed by atoms with van der Waals surface area (Å²) in [6.45, 7) is 9.98. The average molecular weight is 721 g/mol. The third kappa shape index (κ3) is 7.33. The Morgan fingerprint density at radius 1 is 0.981 bits per heavy atom. The van der Waals surface area contributed by atoms with Gasteiger partial charge in [-0.05, 0) is 85.9 Å². The lowest BCUT2D eigenvalue weighted by atomic mass is 9.95. The van der Waals surface area contributed by atoms with E-state index in [0.29, 0.717) is 38.8 Å². The Bertz CT molecular complexity index is 2370. The highest BCUT2D eigenvalue weighted by Gasteiger charge is 2.34. The van der Waals surface area contributed by atoms with E-state index in [1.54, 1.807) is 29.8 Å². The van der Waals surface area contributed by atoms with Gasteiger partial charge >= 0.3 is 11.9 Å². The monoisotopic (exact) mass is 720 g/mol. The molecule has 3 aromatic carbocycles. The highest BCUT2D eigenvalue weighted by atomic mass is 32.1. The number of ether oxygens (including phenoxy) is 4. The third-order valence-corrected chi connectivity index (χ3v) is 9.62. The van der Waals surface area contributed by atoms with Crippen molar-refractivity contribution >= 4 is 29.4 Å². The fourth-order valence-corrected chi connectivity index (χ4v) is 7.07. The minimum Gasteiger partial charge on any atom is -0.493 e. The number of hydrogen-bond acceptors (Lipinski definition) is 10. The number of hydrogen-bond donors (Lipinski definition) is 0. The van der Waals surface area contributed by atoms with E-state index in [2.05, 4.69) is 18.8 Å². The number of thiazole rings is 1. The molecule has 0 bridgehead atoms. The van der Waals surface area contributed by atoms with E-state index >= 15 is 0 Å². The van der Waals surface area contributed by atoms with Crippen molar-refractivity contribution in [3.8, 4) is 34.2 Å². The molecule has 1 aliphatic heterocycles. The molecule has 0 fully saturated rings. The molecule has 0 saturated heterocycles. The highest BCUT2D eigenvalue weighted by molar-refractivity contribution is 7.07. The van der Waals surface area contributed by atoms with Gasteiger partial charge in [0, 0.05) is 24.2 Å². The summed E-state index contributed by atoms with van der Waals surface area (Å²) in [5.41, 5.74) is 4.90. The molecule has 268 valence electrons. The number of nitrogens with zero attached hydrogens (tertiary/aromatic N) is 4. The number of carbonyl (C=O) groups is 2. The van der Waals surface area contributed by atoms with Gasteiger partial charge in [-0.2, -0.15) is 5.10 Å². The number of aromatic nitrogens is 3. The van der Waals surface area contributed by atoms with Crippen molar-refractivity contribution in [3.05, 3.63) is 121 Å². The molecule has 52 heavy (non-hydrogen) atoms. The molecule has 0 radical (unpaired) electrons. The Labute approximate surface area is 305 Å². The first-order valence-electron chi connectivity index (χ1n) is 16.8. The zero-order chi connectivity index (χ0) is 37.1. The standard InChI is InChI=1S/C40H40N4O7S/c1-23(2)17-18-50-31-15-13-27(19-24(31)3)36-29(22-43(42-36)30-11-9-8-10-12-30)21-34-38(46)44-37(35(39(47)49-7)25(4)41-40(44)52-34)28-14-16-32(51-26(5)45)33(20-28)48-6/h8-16,19-23,37H,17-18H2,1-7H3. The number of fused-ring (bicyclic) bond motifs is 1. The zero-order valence-corrected chi connectivity index (χ0v) is 30.9. The molecule has 5 aromatic rings. The number of aryl methyl sites for hydroxylation is 1. The van der Waals surface area contributed by atoms with E-state index in [9.17, 15) is 14.4 Å². The van der Waals surface area contributed by atoms with Crippen LogP contribution in [0.5, 0.6) is 17.2 Å². The highest BCUT2D eigenvalue weighted by Crippen LogP contribution is 2.36. The maximum absolute atomic E-state index is 14.5. The van der Waals surface area contributed by atoms with Crippen LogP contribution in [0.1, 0.15) is 56.8 Å². The Kier molecular flexibility index (Phi) is 10.6. The van der Waals surface area contributed by atoms with Crippen LogP contribution in [0.25, 0.3) is 23.0 Å². The summed E-state index contributed by atoms with van der Waals surface area (Å²) in [5, 5.41) is 4.98. The van der Waals surface area contributed by atoms with Gasteiger partial charge in [-0.15, -0.1) is 0 Å². The molecule has 2 aromatic heterocycles. The van der Waals surface area contributed by atoms with Crippen LogP contribution in [0.4, 0.5) is 0 Å². The van der Waals surface area contributed by atoms with E-state index in [-0.39, 0.29) is 22.6 Å². The van der Waals surface area contributed by atoms with E-state index in [4.69, 9.17) is 24.0 Å². The SMILES string of the molecule is COC(=O)C1=C(C)N=c2sc(=Cc3cn(-c4ccccc4)nc3-c3ccc(OCCC(C)C)c(C)c3)c(=O)n2C1c1ccc(OC(C)=O)c(OC)c1. The van der Waals surface area contributed by atoms with E-state index in [1.807, 2.05) is 67.7 Å². The molecule has 11 nitrogen and oxygen atoms in total. The Hall–Kier alpha value is -5.75. The Morgan fingerprint density at radius 2 is 1.73 bits per heavy atom. The largest absolute Gasteiger partial charge is 0.493 e. The van der Waals surface area contributed by atoms with Crippen LogP contribution in [0.3, 0.4) is 0 Å². The molecule has 3 heterocycles. The second-order valence-corrected chi connectivity index (χ2v) is 13.8. The van der Waals surface area contributed by atoms with Gasteiger partial charge in [0.1, 0.15) is 11.4 Å². The van der Waals surface area contributed by atoms with Gasteiger partial charge in [0.2, 0.25) is 0 Å². The number of carbonyl (C=O) groups excluding carboxylic acids is 2. The van der Waals surface area contributed by atoms with Crippen molar-refractivity contribution in [2.75, 3.05) is 20.8 Å². The second-order valence-electron chi connectivity index (χ2n) is 12.8. The minimum atomic E-state index is -0.900. The van der Waals surface area contributed by atoms with Crippen LogP contribution in [-0.4, -0.2) is 47.1 Å². The van der Waals surface area contributed by atoms with Crippen LogP contribution in [0, 0.1) is 12.8 Å². The fraction of sp³-hybridized carbons (Fsp3) is 0.275. The van der Waals surface area contributed by atoms with E-state index in [0.717, 1.165) is 34.5 Å². The van der Waals surface area contributed by atoms with Crippen molar-refractivity contribution in [3.63, 3.8) is 0 Å². The van der Waals surface area contributed by atoms with Crippen molar-refractivity contribution in [1.82, 2.24) is 14.3 Å². The van der Waals surface area contributed by atoms with Crippen molar-refractivity contribution in [1.29, 1.82) is 0 Å². The Balaban J connectivity index is 1.51. The van der Waals surface area contributed by atoms with E-state index < -0.39 is 18.0 Å². The first-order valence-corrected chi connectivity index (χ1v) is 17.7. The molecule has 0 amide bonds. The quantitative estimate of drug-likeness (QED) is 0.122. The summed E-state index contributed by atoms with van der Waals surface area (Å²) >= 11 is 1.21. The topological polar surface area (TPSA) is 123 Å². The second kappa shape index (κ2) is 15.2. The summed E-state index contributed by atoms with van der Waals surface area (Å²) in [7, 11) is 2.73.